The van der Waals surface area contributed by atoms with E-state index in [1.165, 1.54) is 17.7 Å². The average molecular weight is 545 g/mol. The Morgan fingerprint density at radius 3 is 2.50 bits per heavy atom. The van der Waals surface area contributed by atoms with E-state index in [1.807, 2.05) is 12.1 Å². The number of nitrogens with zero attached hydrogens (tertiary/aromatic N) is 2. The topological polar surface area (TPSA) is 99.5 Å². The Labute approximate surface area is 233 Å². The molecule has 0 unspecified atom stereocenters. The molecule has 3 fully saturated rings. The van der Waals surface area contributed by atoms with E-state index < -0.39 is 35.3 Å². The van der Waals surface area contributed by atoms with Gasteiger partial charge >= 0.3 is 0 Å². The van der Waals surface area contributed by atoms with Gasteiger partial charge in [0, 0.05) is 12.1 Å². The van der Waals surface area contributed by atoms with Crippen molar-refractivity contribution >= 4 is 11.8 Å². The van der Waals surface area contributed by atoms with Crippen LogP contribution in [0, 0.1) is 5.92 Å². The first-order chi connectivity index (χ1) is 19.4. The van der Waals surface area contributed by atoms with Crippen molar-refractivity contribution in [1.82, 2.24) is 9.80 Å². The number of aliphatic hydroxyl groups is 2. The fraction of sp³-hybridized carbons (Fsp3) is 0.562. The van der Waals surface area contributed by atoms with Crippen molar-refractivity contribution in [2.24, 2.45) is 5.92 Å². The Morgan fingerprint density at radius 1 is 1.05 bits per heavy atom. The molecule has 2 aromatic carbocycles. The lowest BCUT2D eigenvalue weighted by Gasteiger charge is -2.65. The summed E-state index contributed by atoms with van der Waals surface area (Å²) in [5, 5.41) is 24.7. The molecule has 1 saturated heterocycles. The van der Waals surface area contributed by atoms with Crippen LogP contribution in [0.5, 0.6) is 11.5 Å². The summed E-state index contributed by atoms with van der Waals surface area (Å²) in [5.41, 5.74) is 0.316. The highest BCUT2D eigenvalue weighted by atomic mass is 16.5. The van der Waals surface area contributed by atoms with Gasteiger partial charge in [-0.15, -0.1) is 0 Å². The molecular formula is C32H36N2O6. The van der Waals surface area contributed by atoms with E-state index in [1.54, 1.807) is 24.3 Å². The maximum absolute atomic E-state index is 13.7. The van der Waals surface area contributed by atoms with Crippen molar-refractivity contribution in [3.63, 3.8) is 0 Å². The van der Waals surface area contributed by atoms with Gasteiger partial charge in [0.25, 0.3) is 11.8 Å². The van der Waals surface area contributed by atoms with Gasteiger partial charge in [-0.05, 0) is 74.8 Å². The molecule has 0 aromatic heterocycles. The minimum absolute atomic E-state index is 0.301. The molecule has 8 heteroatoms. The second-order valence-corrected chi connectivity index (χ2v) is 12.7. The molecule has 1 spiro atoms. The quantitative estimate of drug-likeness (QED) is 0.406. The van der Waals surface area contributed by atoms with E-state index in [0.29, 0.717) is 54.4 Å². The number of hydrogen-bond donors (Lipinski definition) is 2. The highest BCUT2D eigenvalue weighted by Crippen LogP contribution is 2.68. The molecule has 0 radical (unpaired) electrons. The number of likely N-dealkylation sites (tertiary alicyclic amines) is 1. The number of imide groups is 1. The molecule has 8 nitrogen and oxygen atoms in total. The summed E-state index contributed by atoms with van der Waals surface area (Å²) in [6.45, 7) is 4.23. The zero-order chi connectivity index (χ0) is 27.4. The van der Waals surface area contributed by atoms with Crippen LogP contribution in [0.3, 0.4) is 0 Å². The number of rotatable bonds is 7. The maximum Gasteiger partial charge on any atom is 0.261 e. The molecule has 6 atom stereocenters. The molecule has 2 N–H and O–H groups in total. The number of benzene rings is 2. The first-order valence-corrected chi connectivity index (χ1v) is 15.0. The van der Waals surface area contributed by atoms with Gasteiger partial charge in [-0.1, -0.05) is 31.5 Å². The number of ether oxygens (including phenoxy) is 2. The summed E-state index contributed by atoms with van der Waals surface area (Å²) in [7, 11) is 0. The van der Waals surface area contributed by atoms with Gasteiger partial charge in [0.1, 0.15) is 6.10 Å². The summed E-state index contributed by atoms with van der Waals surface area (Å²) >= 11 is 0. The second-order valence-electron chi connectivity index (χ2n) is 12.7. The molecule has 2 saturated carbocycles. The fourth-order valence-electron chi connectivity index (χ4n) is 8.72. The Hall–Kier alpha value is -2.94. The van der Waals surface area contributed by atoms with Crippen molar-refractivity contribution in [2.75, 3.05) is 19.7 Å². The number of piperidine rings is 1. The van der Waals surface area contributed by atoms with Gasteiger partial charge in [-0.25, -0.2) is 0 Å². The zero-order valence-electron chi connectivity index (χ0n) is 22.8. The normalized spacial score (nSPS) is 35.4. The molecular weight excluding hydrogens is 508 g/mol. The lowest BCUT2D eigenvalue weighted by atomic mass is 9.47. The third-order valence-electron chi connectivity index (χ3n) is 10.7. The van der Waals surface area contributed by atoms with Gasteiger partial charge in [0.2, 0.25) is 0 Å². The fourth-order valence-corrected chi connectivity index (χ4v) is 8.72. The van der Waals surface area contributed by atoms with Crippen LogP contribution < -0.4 is 9.47 Å². The number of fused-ring (bicyclic) bond motifs is 1. The number of carbonyl (C=O) groups is 2. The molecule has 2 amide bonds. The highest BCUT2D eigenvalue weighted by Gasteiger charge is 2.75. The molecule has 8 rings (SSSR count). The summed E-state index contributed by atoms with van der Waals surface area (Å²) in [4.78, 5) is 31.0. The van der Waals surface area contributed by atoms with Crippen LogP contribution in [0.4, 0.5) is 0 Å². The monoisotopic (exact) mass is 544 g/mol. The van der Waals surface area contributed by atoms with Crippen molar-refractivity contribution in [2.45, 2.75) is 87.2 Å². The van der Waals surface area contributed by atoms with Gasteiger partial charge in [0.15, 0.2) is 11.5 Å². The first-order valence-electron chi connectivity index (χ1n) is 15.0. The smallest absolute Gasteiger partial charge is 0.261 e. The van der Waals surface area contributed by atoms with Crippen LogP contribution in [0.2, 0.25) is 0 Å². The van der Waals surface area contributed by atoms with Crippen molar-refractivity contribution in [3.8, 4) is 11.5 Å². The predicted molar refractivity (Wildman–Crippen MR) is 146 cm³/mol. The SMILES string of the molecule is CCCCOc1ccc2c3c1O[C@H]1[C@H](N4C(=O)c5ccccc5C4=O)CC[C@@]4(O)[C@@H]([C@H]2O)N(CC2CC2)CC[C@]314. The van der Waals surface area contributed by atoms with Crippen LogP contribution in [0.1, 0.15) is 89.8 Å². The standard InChI is InChI=1S/C32H36N2O6/c1-2-3-16-39-23-11-10-21-24-26(23)40-28-22(34-29(36)19-6-4-5-7-20(19)30(34)37)12-13-32(38)27(25(21)35)33(17-18-8-9-18)15-14-31(24,28)32/h4-7,10-11,18,22,25,27-28,35,38H,2-3,8-9,12-17H2,1H3/t22-,25+,27-,28+,31+,32-/m1/s1. The Kier molecular flexibility index (Phi) is 5.30. The number of carbonyl (C=O) groups excluding carboxylic acids is 2. The van der Waals surface area contributed by atoms with Gasteiger partial charge in [-0.3, -0.25) is 19.4 Å². The average Bonchev–Trinajstić information content (AvgIpc) is 3.65. The molecule has 3 aliphatic heterocycles. The third kappa shape index (κ3) is 3.02. The lowest BCUT2D eigenvalue weighted by molar-refractivity contribution is -0.220. The van der Waals surface area contributed by atoms with Crippen LogP contribution in [0.15, 0.2) is 36.4 Å². The molecule has 210 valence electrons. The van der Waals surface area contributed by atoms with Crippen LogP contribution in [-0.4, -0.2) is 75.3 Å². The van der Waals surface area contributed by atoms with Crippen molar-refractivity contribution < 1.29 is 29.3 Å². The Balaban J connectivity index is 1.27. The number of amides is 2. The second kappa shape index (κ2) is 8.54. The Morgan fingerprint density at radius 2 is 1.80 bits per heavy atom. The Bertz CT molecular complexity index is 1390. The van der Waals surface area contributed by atoms with Gasteiger partial charge < -0.3 is 19.7 Å². The van der Waals surface area contributed by atoms with E-state index in [4.69, 9.17) is 9.47 Å². The molecule has 40 heavy (non-hydrogen) atoms. The molecule has 2 aromatic rings. The zero-order valence-corrected chi connectivity index (χ0v) is 22.8. The number of aliphatic hydroxyl groups excluding tert-OH is 1. The summed E-state index contributed by atoms with van der Waals surface area (Å²) in [6.07, 6.45) is 4.18. The lowest BCUT2D eigenvalue weighted by Crippen LogP contribution is -2.79. The minimum Gasteiger partial charge on any atom is -0.490 e. The third-order valence-corrected chi connectivity index (χ3v) is 10.7. The van der Waals surface area contributed by atoms with E-state index in [2.05, 4.69) is 11.8 Å². The molecule has 6 aliphatic rings. The van der Waals surface area contributed by atoms with Gasteiger partial charge in [-0.2, -0.15) is 0 Å². The van der Waals surface area contributed by atoms with Crippen molar-refractivity contribution in [3.05, 3.63) is 58.7 Å². The van der Waals surface area contributed by atoms with Crippen LogP contribution in [0.25, 0.3) is 0 Å². The van der Waals surface area contributed by atoms with E-state index in [9.17, 15) is 19.8 Å². The maximum atomic E-state index is 13.7. The largest absolute Gasteiger partial charge is 0.490 e. The summed E-state index contributed by atoms with van der Waals surface area (Å²) < 4.78 is 13.0. The molecule has 3 heterocycles. The summed E-state index contributed by atoms with van der Waals surface area (Å²) in [6, 6.07) is 9.78. The van der Waals surface area contributed by atoms with E-state index >= 15 is 0 Å². The first kappa shape index (κ1) is 24.8. The number of unbranched alkanes of at least 4 members (excludes halogenated alkanes) is 1. The van der Waals surface area contributed by atoms with Crippen LogP contribution in [-0.2, 0) is 5.41 Å². The van der Waals surface area contributed by atoms with E-state index in [-0.39, 0.29) is 11.8 Å². The van der Waals surface area contributed by atoms with Gasteiger partial charge in [0.05, 0.1) is 46.9 Å². The van der Waals surface area contributed by atoms with Crippen LogP contribution >= 0.6 is 0 Å². The molecule has 3 aliphatic carbocycles. The summed E-state index contributed by atoms with van der Waals surface area (Å²) in [5.74, 6) is 1.18. The minimum atomic E-state index is -1.26. The number of hydrogen-bond acceptors (Lipinski definition) is 7. The predicted octanol–water partition coefficient (Wildman–Crippen LogP) is 3.59. The van der Waals surface area contributed by atoms with E-state index in [0.717, 1.165) is 37.1 Å². The van der Waals surface area contributed by atoms with Crippen molar-refractivity contribution in [1.29, 1.82) is 0 Å². The highest BCUT2D eigenvalue weighted by molar-refractivity contribution is 6.21. The molecule has 2 bridgehead atoms.